The van der Waals surface area contributed by atoms with E-state index in [2.05, 4.69) is 0 Å². The molecule has 1 aromatic carbocycles. The van der Waals surface area contributed by atoms with Crippen LogP contribution in [0.5, 0.6) is 17.2 Å². The van der Waals surface area contributed by atoms with Crippen molar-refractivity contribution < 1.29 is 24.4 Å². The van der Waals surface area contributed by atoms with Crippen LogP contribution in [-0.2, 0) is 5.41 Å². The molecule has 0 unspecified atom stereocenters. The minimum Gasteiger partial charge on any atom is -0.493 e. The SMILES string of the molecule is CCC(C=C(O)O)(CC)c1cc(OC)c(OC)c(OC)c1. The van der Waals surface area contributed by atoms with E-state index in [1.165, 1.54) is 6.08 Å². The smallest absolute Gasteiger partial charge is 0.270 e. The quantitative estimate of drug-likeness (QED) is 0.750. The van der Waals surface area contributed by atoms with Crippen LogP contribution in [0.1, 0.15) is 32.3 Å². The molecule has 0 atom stereocenters. The second kappa shape index (κ2) is 7.11. The number of rotatable bonds is 7. The fourth-order valence-corrected chi connectivity index (χ4v) is 2.56. The van der Waals surface area contributed by atoms with Crippen molar-refractivity contribution in [3.8, 4) is 17.2 Å². The van der Waals surface area contributed by atoms with Gasteiger partial charge in [-0.2, -0.15) is 0 Å². The Balaban J connectivity index is 3.56. The van der Waals surface area contributed by atoms with Gasteiger partial charge in [0, 0.05) is 11.5 Å². The number of benzene rings is 1. The summed E-state index contributed by atoms with van der Waals surface area (Å²) in [6.07, 6.45) is 2.85. The van der Waals surface area contributed by atoms with E-state index in [0.29, 0.717) is 30.1 Å². The van der Waals surface area contributed by atoms with Gasteiger partial charge in [-0.05, 0) is 30.5 Å². The van der Waals surface area contributed by atoms with Crippen molar-refractivity contribution in [1.82, 2.24) is 0 Å². The first kappa shape index (κ1) is 17.0. The summed E-state index contributed by atoms with van der Waals surface area (Å²) in [5.41, 5.74) is 0.369. The van der Waals surface area contributed by atoms with Gasteiger partial charge in [0.2, 0.25) is 5.75 Å². The molecule has 118 valence electrons. The summed E-state index contributed by atoms with van der Waals surface area (Å²) in [4.78, 5) is 0. The van der Waals surface area contributed by atoms with Gasteiger partial charge in [-0.3, -0.25) is 0 Å². The first-order valence-electron chi connectivity index (χ1n) is 6.89. The highest BCUT2D eigenvalue weighted by atomic mass is 16.5. The predicted molar refractivity (Wildman–Crippen MR) is 81.7 cm³/mol. The van der Waals surface area contributed by atoms with Crippen LogP contribution in [0, 0.1) is 0 Å². The van der Waals surface area contributed by atoms with Crippen LogP contribution in [0.15, 0.2) is 24.2 Å². The number of hydrogen-bond acceptors (Lipinski definition) is 5. The average Bonchev–Trinajstić information content (AvgIpc) is 2.50. The van der Waals surface area contributed by atoms with E-state index in [9.17, 15) is 10.2 Å². The highest BCUT2D eigenvalue weighted by Gasteiger charge is 2.30. The van der Waals surface area contributed by atoms with Gasteiger partial charge < -0.3 is 24.4 Å². The molecule has 2 N–H and O–H groups in total. The minimum atomic E-state index is -0.688. The number of aliphatic hydroxyl groups excluding tert-OH is 1. The largest absolute Gasteiger partial charge is 0.493 e. The average molecular weight is 296 g/mol. The van der Waals surface area contributed by atoms with Gasteiger partial charge in [0.1, 0.15) is 0 Å². The van der Waals surface area contributed by atoms with Gasteiger partial charge in [0.05, 0.1) is 21.3 Å². The van der Waals surface area contributed by atoms with E-state index in [-0.39, 0.29) is 0 Å². The highest BCUT2D eigenvalue weighted by Crippen LogP contribution is 2.44. The molecule has 0 amide bonds. The lowest BCUT2D eigenvalue weighted by atomic mass is 9.75. The molecule has 0 aromatic heterocycles. The Bertz CT molecular complexity index is 474. The number of aliphatic hydroxyl groups is 2. The third-order valence-corrected chi connectivity index (χ3v) is 3.91. The summed E-state index contributed by atoms with van der Waals surface area (Å²) in [7, 11) is 4.66. The normalized spacial score (nSPS) is 10.9. The summed E-state index contributed by atoms with van der Waals surface area (Å²) in [6, 6.07) is 3.68. The van der Waals surface area contributed by atoms with Gasteiger partial charge >= 0.3 is 0 Å². The van der Waals surface area contributed by atoms with Gasteiger partial charge in [-0.25, -0.2) is 0 Å². The molecular weight excluding hydrogens is 272 g/mol. The summed E-state index contributed by atoms with van der Waals surface area (Å²) in [5, 5.41) is 18.6. The third-order valence-electron chi connectivity index (χ3n) is 3.91. The fourth-order valence-electron chi connectivity index (χ4n) is 2.56. The molecule has 0 radical (unpaired) electrons. The Labute approximate surface area is 125 Å². The van der Waals surface area contributed by atoms with Crippen molar-refractivity contribution in [3.63, 3.8) is 0 Å². The van der Waals surface area contributed by atoms with Crippen molar-refractivity contribution in [1.29, 1.82) is 0 Å². The Morgan fingerprint density at radius 2 is 1.48 bits per heavy atom. The Hall–Kier alpha value is -2.04. The van der Waals surface area contributed by atoms with Crippen LogP contribution in [0.3, 0.4) is 0 Å². The van der Waals surface area contributed by atoms with Crippen molar-refractivity contribution in [2.75, 3.05) is 21.3 Å². The van der Waals surface area contributed by atoms with Gasteiger partial charge in [-0.15, -0.1) is 0 Å². The molecule has 0 aliphatic rings. The second-order valence-electron chi connectivity index (χ2n) is 4.78. The van der Waals surface area contributed by atoms with E-state index >= 15 is 0 Å². The van der Waals surface area contributed by atoms with Crippen molar-refractivity contribution in [3.05, 3.63) is 29.7 Å². The molecule has 1 rings (SSSR count). The van der Waals surface area contributed by atoms with Crippen molar-refractivity contribution in [2.45, 2.75) is 32.1 Å². The Kier molecular flexibility index (Phi) is 5.76. The van der Waals surface area contributed by atoms with Gasteiger partial charge in [-0.1, -0.05) is 13.8 Å². The lowest BCUT2D eigenvalue weighted by molar-refractivity contribution is 0.183. The van der Waals surface area contributed by atoms with Crippen LogP contribution >= 0.6 is 0 Å². The topological polar surface area (TPSA) is 68.2 Å². The lowest BCUT2D eigenvalue weighted by Gasteiger charge is -2.29. The molecule has 0 fully saturated rings. The van der Waals surface area contributed by atoms with E-state index in [1.807, 2.05) is 26.0 Å². The zero-order valence-electron chi connectivity index (χ0n) is 13.3. The van der Waals surface area contributed by atoms with Crippen LogP contribution in [-0.4, -0.2) is 31.5 Å². The molecule has 0 spiro atoms. The molecule has 1 aromatic rings. The molecule has 0 aliphatic carbocycles. The Morgan fingerprint density at radius 1 is 1.00 bits per heavy atom. The summed E-state index contributed by atoms with van der Waals surface area (Å²) in [5.74, 6) is 0.919. The molecule has 21 heavy (non-hydrogen) atoms. The second-order valence-corrected chi connectivity index (χ2v) is 4.78. The maximum atomic E-state index is 9.29. The van der Waals surface area contributed by atoms with Crippen LogP contribution in [0.2, 0.25) is 0 Å². The Morgan fingerprint density at radius 3 is 1.76 bits per heavy atom. The molecular formula is C16H24O5. The first-order valence-corrected chi connectivity index (χ1v) is 6.89. The van der Waals surface area contributed by atoms with E-state index in [1.54, 1.807) is 21.3 Å². The van der Waals surface area contributed by atoms with E-state index < -0.39 is 11.4 Å². The van der Waals surface area contributed by atoms with Crippen LogP contribution in [0.4, 0.5) is 0 Å². The number of ether oxygens (including phenoxy) is 3. The van der Waals surface area contributed by atoms with E-state index in [0.717, 1.165) is 5.56 Å². The standard InChI is InChI=1S/C16H24O5/c1-6-16(7-2,10-14(17)18)11-8-12(19-3)15(21-5)13(9-11)20-4/h8-10,17-18H,6-7H2,1-5H3. The maximum absolute atomic E-state index is 9.29. The molecule has 0 saturated heterocycles. The first-order chi connectivity index (χ1) is 9.97. The molecule has 5 heteroatoms. The van der Waals surface area contributed by atoms with Crippen molar-refractivity contribution in [2.24, 2.45) is 0 Å². The van der Waals surface area contributed by atoms with Crippen molar-refractivity contribution >= 4 is 0 Å². The molecule has 5 nitrogen and oxygen atoms in total. The number of hydrogen-bond donors (Lipinski definition) is 2. The predicted octanol–water partition coefficient (Wildman–Crippen LogP) is 3.73. The summed E-state index contributed by atoms with van der Waals surface area (Å²) >= 11 is 0. The van der Waals surface area contributed by atoms with E-state index in [4.69, 9.17) is 14.2 Å². The number of methoxy groups -OCH3 is 3. The third kappa shape index (κ3) is 3.35. The monoisotopic (exact) mass is 296 g/mol. The zero-order chi connectivity index (χ0) is 16.0. The van der Waals surface area contributed by atoms with Crippen LogP contribution in [0.25, 0.3) is 0 Å². The van der Waals surface area contributed by atoms with Crippen LogP contribution < -0.4 is 14.2 Å². The molecule has 0 aliphatic heterocycles. The maximum Gasteiger partial charge on any atom is 0.270 e. The van der Waals surface area contributed by atoms with Gasteiger partial charge in [0.15, 0.2) is 11.5 Å². The highest BCUT2D eigenvalue weighted by molar-refractivity contribution is 5.56. The minimum absolute atomic E-state index is 0.508. The molecule has 0 heterocycles. The fraction of sp³-hybridized carbons (Fsp3) is 0.500. The number of allylic oxidation sites excluding steroid dienone is 1. The summed E-state index contributed by atoms with van der Waals surface area (Å²) in [6.45, 7) is 3.98. The van der Waals surface area contributed by atoms with Gasteiger partial charge in [0.25, 0.3) is 5.95 Å². The summed E-state index contributed by atoms with van der Waals surface area (Å²) < 4.78 is 16.0. The molecule has 0 bridgehead atoms. The zero-order valence-corrected chi connectivity index (χ0v) is 13.3. The molecule has 0 saturated carbocycles. The lowest BCUT2D eigenvalue weighted by Crippen LogP contribution is -2.22.